The molecule has 1 heterocycles. The predicted molar refractivity (Wildman–Crippen MR) is 45.3 cm³/mol. The monoisotopic (exact) mass is 165 g/mol. The van der Waals surface area contributed by atoms with Crippen LogP contribution in [0.5, 0.6) is 11.5 Å². The van der Waals surface area contributed by atoms with Gasteiger partial charge < -0.3 is 15.6 Å². The van der Waals surface area contributed by atoms with Crippen LogP contribution >= 0.6 is 0 Å². The minimum Gasteiger partial charge on any atom is -0.508 e. The van der Waals surface area contributed by atoms with Crippen molar-refractivity contribution in [3.05, 3.63) is 23.8 Å². The Hall–Kier alpha value is -1.22. The van der Waals surface area contributed by atoms with E-state index in [-0.39, 0.29) is 11.8 Å². The molecular formula is C9H11NO2. The fourth-order valence-corrected chi connectivity index (χ4v) is 1.38. The van der Waals surface area contributed by atoms with E-state index in [9.17, 15) is 0 Å². The molecule has 0 saturated heterocycles. The Labute approximate surface area is 70.8 Å². The lowest BCUT2D eigenvalue weighted by atomic mass is 10.0. The molecule has 0 fully saturated rings. The second-order valence-corrected chi connectivity index (χ2v) is 3.07. The van der Waals surface area contributed by atoms with Crippen LogP contribution in [0.25, 0.3) is 0 Å². The first-order chi connectivity index (χ1) is 5.75. The third-order valence-electron chi connectivity index (χ3n) is 1.99. The van der Waals surface area contributed by atoms with E-state index in [0.717, 1.165) is 17.7 Å². The van der Waals surface area contributed by atoms with Crippen LogP contribution in [0.15, 0.2) is 18.2 Å². The molecule has 1 atom stereocenters. The molecule has 12 heavy (non-hydrogen) atoms. The van der Waals surface area contributed by atoms with E-state index in [1.54, 1.807) is 12.1 Å². The van der Waals surface area contributed by atoms with Crippen LogP contribution in [0, 0.1) is 0 Å². The highest BCUT2D eigenvalue weighted by molar-refractivity contribution is 5.41. The van der Waals surface area contributed by atoms with Crippen LogP contribution in [-0.2, 0) is 6.42 Å². The number of aromatic hydroxyl groups is 1. The molecule has 0 radical (unpaired) electrons. The highest BCUT2D eigenvalue weighted by Gasteiger charge is 2.16. The molecule has 0 spiro atoms. The van der Waals surface area contributed by atoms with E-state index in [1.165, 1.54) is 0 Å². The molecule has 0 unspecified atom stereocenters. The average molecular weight is 165 g/mol. The Bertz CT molecular complexity index is 299. The van der Waals surface area contributed by atoms with E-state index >= 15 is 0 Å². The van der Waals surface area contributed by atoms with Gasteiger partial charge >= 0.3 is 0 Å². The molecule has 3 heteroatoms. The number of hydrogen-bond acceptors (Lipinski definition) is 3. The summed E-state index contributed by atoms with van der Waals surface area (Å²) in [4.78, 5) is 0. The third-order valence-corrected chi connectivity index (χ3v) is 1.99. The van der Waals surface area contributed by atoms with Crippen molar-refractivity contribution in [1.82, 2.24) is 0 Å². The van der Waals surface area contributed by atoms with Crippen molar-refractivity contribution in [2.75, 3.05) is 6.61 Å². The number of phenols is 1. The van der Waals surface area contributed by atoms with Gasteiger partial charge in [-0.3, -0.25) is 0 Å². The third kappa shape index (κ3) is 1.23. The quantitative estimate of drug-likeness (QED) is 0.593. The molecule has 1 aromatic carbocycles. The molecule has 2 rings (SSSR count). The summed E-state index contributed by atoms with van der Waals surface area (Å²) in [6.45, 7) is 0.538. The van der Waals surface area contributed by atoms with Crippen molar-refractivity contribution >= 4 is 0 Å². The summed E-state index contributed by atoms with van der Waals surface area (Å²) in [7, 11) is 0. The van der Waals surface area contributed by atoms with Crippen LogP contribution in [0.4, 0.5) is 0 Å². The number of ether oxygens (including phenoxy) is 1. The highest BCUT2D eigenvalue weighted by atomic mass is 16.5. The fourth-order valence-electron chi connectivity index (χ4n) is 1.38. The molecular weight excluding hydrogens is 154 g/mol. The Morgan fingerprint density at radius 2 is 2.33 bits per heavy atom. The van der Waals surface area contributed by atoms with E-state index < -0.39 is 0 Å². The van der Waals surface area contributed by atoms with Gasteiger partial charge in [0, 0.05) is 12.1 Å². The van der Waals surface area contributed by atoms with Crippen LogP contribution in [-0.4, -0.2) is 17.8 Å². The molecule has 0 bridgehead atoms. The second kappa shape index (κ2) is 2.68. The van der Waals surface area contributed by atoms with Crippen LogP contribution < -0.4 is 10.5 Å². The maximum atomic E-state index is 9.14. The Kier molecular flexibility index (Phi) is 1.66. The first-order valence-corrected chi connectivity index (χ1v) is 3.96. The fraction of sp³-hybridized carbons (Fsp3) is 0.333. The number of hydrogen-bond donors (Lipinski definition) is 2. The van der Waals surface area contributed by atoms with Crippen molar-refractivity contribution in [2.24, 2.45) is 5.73 Å². The summed E-state index contributed by atoms with van der Waals surface area (Å²) in [5, 5.41) is 9.14. The normalized spacial score (nSPS) is 21.2. The molecule has 0 aliphatic carbocycles. The van der Waals surface area contributed by atoms with Gasteiger partial charge in [-0.25, -0.2) is 0 Å². The van der Waals surface area contributed by atoms with Crippen molar-refractivity contribution in [3.63, 3.8) is 0 Å². The van der Waals surface area contributed by atoms with Gasteiger partial charge in [-0.15, -0.1) is 0 Å². The predicted octanol–water partition coefficient (Wildman–Crippen LogP) is 0.654. The van der Waals surface area contributed by atoms with Gasteiger partial charge in [-0.05, 0) is 18.1 Å². The first-order valence-electron chi connectivity index (χ1n) is 3.96. The Morgan fingerprint density at radius 1 is 1.50 bits per heavy atom. The molecule has 3 N–H and O–H groups in total. The zero-order chi connectivity index (χ0) is 8.55. The lowest BCUT2D eigenvalue weighted by molar-refractivity contribution is 0.262. The topological polar surface area (TPSA) is 55.5 Å². The number of nitrogens with two attached hydrogens (primary N) is 1. The van der Waals surface area contributed by atoms with E-state index in [0.29, 0.717) is 6.61 Å². The molecule has 3 nitrogen and oxygen atoms in total. The van der Waals surface area contributed by atoms with Gasteiger partial charge in [-0.1, -0.05) is 6.07 Å². The van der Waals surface area contributed by atoms with Gasteiger partial charge in [0.25, 0.3) is 0 Å². The van der Waals surface area contributed by atoms with Crippen molar-refractivity contribution in [3.8, 4) is 11.5 Å². The minimum absolute atomic E-state index is 0.0852. The average Bonchev–Trinajstić information content (AvgIpc) is 2.05. The Morgan fingerprint density at radius 3 is 3.17 bits per heavy atom. The summed E-state index contributed by atoms with van der Waals surface area (Å²) in [6.07, 6.45) is 0.829. The minimum atomic E-state index is 0.0852. The molecule has 0 amide bonds. The van der Waals surface area contributed by atoms with Crippen LogP contribution in [0.2, 0.25) is 0 Å². The van der Waals surface area contributed by atoms with Gasteiger partial charge in [0.15, 0.2) is 0 Å². The van der Waals surface area contributed by atoms with Crippen molar-refractivity contribution in [1.29, 1.82) is 0 Å². The standard InChI is InChI=1S/C9H11NO2/c10-7-3-6-1-2-8(11)4-9(6)12-5-7/h1-2,4,7,11H,3,5,10H2/t7-/m0/s1. The van der Waals surface area contributed by atoms with Gasteiger partial charge in [0.05, 0.1) is 0 Å². The summed E-state index contributed by atoms with van der Waals surface area (Å²) in [6, 6.07) is 5.22. The SMILES string of the molecule is N[C@@H]1COc2cc(O)ccc2C1. The van der Waals surface area contributed by atoms with Gasteiger partial charge in [-0.2, -0.15) is 0 Å². The summed E-state index contributed by atoms with van der Waals surface area (Å²) in [5.41, 5.74) is 6.78. The van der Waals surface area contributed by atoms with E-state index in [2.05, 4.69) is 0 Å². The van der Waals surface area contributed by atoms with Crippen LogP contribution in [0.3, 0.4) is 0 Å². The van der Waals surface area contributed by atoms with Gasteiger partial charge in [0.1, 0.15) is 18.1 Å². The smallest absolute Gasteiger partial charge is 0.126 e. The largest absolute Gasteiger partial charge is 0.508 e. The summed E-state index contributed by atoms with van der Waals surface area (Å²) in [5.74, 6) is 1.00. The zero-order valence-electron chi connectivity index (χ0n) is 6.66. The molecule has 64 valence electrons. The highest BCUT2D eigenvalue weighted by Crippen LogP contribution is 2.27. The zero-order valence-corrected chi connectivity index (χ0v) is 6.66. The molecule has 1 aromatic rings. The van der Waals surface area contributed by atoms with Gasteiger partial charge in [0.2, 0.25) is 0 Å². The van der Waals surface area contributed by atoms with Crippen molar-refractivity contribution < 1.29 is 9.84 Å². The molecule has 1 aliphatic heterocycles. The second-order valence-electron chi connectivity index (χ2n) is 3.07. The maximum Gasteiger partial charge on any atom is 0.126 e. The number of fused-ring (bicyclic) bond motifs is 1. The summed E-state index contributed by atoms with van der Waals surface area (Å²) < 4.78 is 5.33. The van der Waals surface area contributed by atoms with Crippen LogP contribution in [0.1, 0.15) is 5.56 Å². The Balaban J connectivity index is 2.37. The number of benzene rings is 1. The first kappa shape index (κ1) is 7.43. The number of rotatable bonds is 0. The number of phenolic OH excluding ortho intramolecular Hbond substituents is 1. The molecule has 0 aromatic heterocycles. The van der Waals surface area contributed by atoms with E-state index in [1.807, 2.05) is 6.07 Å². The summed E-state index contributed by atoms with van der Waals surface area (Å²) >= 11 is 0. The molecule has 0 saturated carbocycles. The lowest BCUT2D eigenvalue weighted by Gasteiger charge is -2.22. The maximum absolute atomic E-state index is 9.14. The molecule has 1 aliphatic rings. The van der Waals surface area contributed by atoms with Crippen molar-refractivity contribution in [2.45, 2.75) is 12.5 Å². The lowest BCUT2D eigenvalue weighted by Crippen LogP contribution is -2.33. The van der Waals surface area contributed by atoms with E-state index in [4.69, 9.17) is 15.6 Å².